The van der Waals surface area contributed by atoms with Crippen molar-refractivity contribution in [2.75, 3.05) is 4.90 Å². The summed E-state index contributed by atoms with van der Waals surface area (Å²) in [4.78, 5) is 2.27. The molecule has 2 nitrogen and oxygen atoms in total. The van der Waals surface area contributed by atoms with E-state index in [2.05, 4.69) is 138 Å². The SMILES string of the molecule is CC(C)Oc1ccc(N(c2ccc(/C=C/C=C/c3ccccc3)cc2)c2ccc(/C=C/C=C/c3ccccc3)cc2)cc1. The molecule has 0 N–H and O–H groups in total. The third-order valence-electron chi connectivity index (χ3n) is 6.75. The van der Waals surface area contributed by atoms with E-state index in [4.69, 9.17) is 4.74 Å². The van der Waals surface area contributed by atoms with E-state index in [1.807, 2.05) is 62.4 Å². The van der Waals surface area contributed by atoms with Crippen molar-refractivity contribution in [1.82, 2.24) is 0 Å². The summed E-state index contributed by atoms with van der Waals surface area (Å²) in [6.07, 6.45) is 16.9. The molecule has 5 aromatic rings. The van der Waals surface area contributed by atoms with Gasteiger partial charge >= 0.3 is 0 Å². The van der Waals surface area contributed by atoms with Gasteiger partial charge in [0.15, 0.2) is 0 Å². The minimum atomic E-state index is 0.133. The van der Waals surface area contributed by atoms with E-state index >= 15 is 0 Å². The zero-order chi connectivity index (χ0) is 29.7. The second-order valence-corrected chi connectivity index (χ2v) is 10.4. The summed E-state index contributed by atoms with van der Waals surface area (Å²) in [7, 11) is 0. The van der Waals surface area contributed by atoms with E-state index in [0.717, 1.165) is 33.9 Å². The van der Waals surface area contributed by atoms with Crippen molar-refractivity contribution in [3.05, 3.63) is 180 Å². The number of benzene rings is 5. The molecule has 212 valence electrons. The lowest BCUT2D eigenvalue weighted by Crippen LogP contribution is -2.10. The van der Waals surface area contributed by atoms with Crippen LogP contribution in [-0.2, 0) is 0 Å². The molecule has 5 aromatic carbocycles. The molecule has 2 heteroatoms. The van der Waals surface area contributed by atoms with Gasteiger partial charge in [0, 0.05) is 17.1 Å². The first-order valence-corrected chi connectivity index (χ1v) is 14.7. The van der Waals surface area contributed by atoms with Crippen LogP contribution >= 0.6 is 0 Å². The van der Waals surface area contributed by atoms with Gasteiger partial charge in [-0.15, -0.1) is 0 Å². The number of ether oxygens (including phenoxy) is 1. The molecule has 0 amide bonds. The van der Waals surface area contributed by atoms with Crippen LogP contribution in [0.4, 0.5) is 17.1 Å². The van der Waals surface area contributed by atoms with Crippen LogP contribution in [0.1, 0.15) is 36.1 Å². The summed E-state index contributed by atoms with van der Waals surface area (Å²) in [5, 5.41) is 0. The summed E-state index contributed by atoms with van der Waals surface area (Å²) in [5.74, 6) is 0.867. The first-order valence-electron chi connectivity index (χ1n) is 14.7. The van der Waals surface area contributed by atoms with Crippen LogP contribution in [0, 0.1) is 0 Å². The van der Waals surface area contributed by atoms with Gasteiger partial charge in [0.2, 0.25) is 0 Å². The van der Waals surface area contributed by atoms with Gasteiger partial charge < -0.3 is 9.64 Å². The largest absolute Gasteiger partial charge is 0.491 e. The van der Waals surface area contributed by atoms with Gasteiger partial charge in [-0.05, 0) is 84.6 Å². The van der Waals surface area contributed by atoms with Crippen molar-refractivity contribution in [1.29, 1.82) is 0 Å². The summed E-state index contributed by atoms with van der Waals surface area (Å²) >= 11 is 0. The number of rotatable bonds is 11. The van der Waals surface area contributed by atoms with Gasteiger partial charge in [-0.25, -0.2) is 0 Å². The highest BCUT2D eigenvalue weighted by molar-refractivity contribution is 5.78. The van der Waals surface area contributed by atoms with Gasteiger partial charge in [0.05, 0.1) is 6.10 Å². The molecule has 0 spiro atoms. The molecule has 0 aliphatic heterocycles. The number of allylic oxidation sites excluding steroid dienone is 4. The van der Waals surface area contributed by atoms with Crippen molar-refractivity contribution in [2.24, 2.45) is 0 Å². The fraction of sp³-hybridized carbons (Fsp3) is 0.0732. The highest BCUT2D eigenvalue weighted by Gasteiger charge is 2.13. The van der Waals surface area contributed by atoms with Crippen molar-refractivity contribution in [2.45, 2.75) is 20.0 Å². The zero-order valence-corrected chi connectivity index (χ0v) is 24.8. The van der Waals surface area contributed by atoms with Crippen LogP contribution in [0.25, 0.3) is 24.3 Å². The van der Waals surface area contributed by atoms with Crippen LogP contribution < -0.4 is 9.64 Å². The first kappa shape index (κ1) is 29.2. The molecular formula is C41H37NO. The summed E-state index contributed by atoms with van der Waals surface area (Å²) in [6.45, 7) is 4.09. The second-order valence-electron chi connectivity index (χ2n) is 10.4. The predicted octanol–water partition coefficient (Wildman–Crippen LogP) is 11.4. The number of hydrogen-bond donors (Lipinski definition) is 0. The molecule has 0 fully saturated rings. The minimum absolute atomic E-state index is 0.133. The Hall–Kier alpha value is -5.34. The molecule has 5 rings (SSSR count). The molecule has 0 heterocycles. The van der Waals surface area contributed by atoms with Crippen LogP contribution in [-0.4, -0.2) is 6.10 Å². The quantitative estimate of drug-likeness (QED) is 0.149. The minimum Gasteiger partial charge on any atom is -0.491 e. The van der Waals surface area contributed by atoms with E-state index < -0.39 is 0 Å². The smallest absolute Gasteiger partial charge is 0.119 e. The summed E-state index contributed by atoms with van der Waals surface area (Å²) < 4.78 is 5.90. The van der Waals surface area contributed by atoms with Gasteiger partial charge in [0.1, 0.15) is 5.75 Å². The van der Waals surface area contributed by atoms with Crippen molar-refractivity contribution < 1.29 is 4.74 Å². The van der Waals surface area contributed by atoms with Crippen molar-refractivity contribution in [3.63, 3.8) is 0 Å². The number of anilines is 3. The molecule has 43 heavy (non-hydrogen) atoms. The van der Waals surface area contributed by atoms with Crippen LogP contribution in [0.3, 0.4) is 0 Å². The van der Waals surface area contributed by atoms with E-state index in [-0.39, 0.29) is 6.10 Å². The Morgan fingerprint density at radius 3 is 1.09 bits per heavy atom. The highest BCUT2D eigenvalue weighted by atomic mass is 16.5. The monoisotopic (exact) mass is 559 g/mol. The Morgan fingerprint density at radius 2 is 0.744 bits per heavy atom. The molecule has 0 aliphatic carbocycles. The standard InChI is InChI=1S/C41H37NO/c1-33(2)43-41-31-29-40(30-32-41)42(38-25-21-36(22-26-38)19-11-9-17-34-13-5-3-6-14-34)39-27-23-37(24-28-39)20-12-10-18-35-15-7-4-8-16-35/h3-33H,1-2H3/b17-9+,18-10+,19-11+,20-12+. The summed E-state index contributed by atoms with van der Waals surface area (Å²) in [5.41, 5.74) is 7.91. The Balaban J connectivity index is 1.35. The molecule has 0 aliphatic rings. The maximum absolute atomic E-state index is 5.90. The van der Waals surface area contributed by atoms with Gasteiger partial charge in [-0.2, -0.15) is 0 Å². The second kappa shape index (κ2) is 15.0. The molecule has 0 saturated heterocycles. The normalized spacial score (nSPS) is 11.8. The lowest BCUT2D eigenvalue weighted by Gasteiger charge is -2.26. The van der Waals surface area contributed by atoms with Gasteiger partial charge in [-0.1, -0.05) is 134 Å². The number of nitrogens with zero attached hydrogens (tertiary/aromatic N) is 1. The predicted molar refractivity (Wildman–Crippen MR) is 186 cm³/mol. The van der Waals surface area contributed by atoms with E-state index in [1.54, 1.807) is 0 Å². The Labute approximate surface area is 256 Å². The summed E-state index contributed by atoms with van der Waals surface area (Å²) in [6, 6.07) is 46.2. The first-order chi connectivity index (χ1) is 21.1. The average molecular weight is 560 g/mol. The topological polar surface area (TPSA) is 12.5 Å². The zero-order valence-electron chi connectivity index (χ0n) is 24.8. The van der Waals surface area contributed by atoms with Crippen molar-refractivity contribution in [3.8, 4) is 5.75 Å². The number of hydrogen-bond acceptors (Lipinski definition) is 2. The van der Waals surface area contributed by atoms with Crippen LogP contribution in [0.2, 0.25) is 0 Å². The maximum atomic E-state index is 5.90. The molecule has 0 aromatic heterocycles. The molecule has 0 radical (unpaired) electrons. The van der Waals surface area contributed by atoms with E-state index in [0.29, 0.717) is 0 Å². The maximum Gasteiger partial charge on any atom is 0.119 e. The molecule has 0 atom stereocenters. The molecule has 0 unspecified atom stereocenters. The fourth-order valence-corrected chi connectivity index (χ4v) is 4.66. The Morgan fingerprint density at radius 1 is 0.419 bits per heavy atom. The highest BCUT2D eigenvalue weighted by Crippen LogP contribution is 2.36. The lowest BCUT2D eigenvalue weighted by atomic mass is 10.1. The van der Waals surface area contributed by atoms with Gasteiger partial charge in [-0.3, -0.25) is 0 Å². The molecule has 0 saturated carbocycles. The van der Waals surface area contributed by atoms with E-state index in [9.17, 15) is 0 Å². The molecule has 0 bridgehead atoms. The Kier molecular flexibility index (Phi) is 10.2. The van der Waals surface area contributed by atoms with E-state index in [1.165, 1.54) is 11.1 Å². The molecular weight excluding hydrogens is 522 g/mol. The van der Waals surface area contributed by atoms with Crippen molar-refractivity contribution >= 4 is 41.4 Å². The third-order valence-corrected chi connectivity index (χ3v) is 6.75. The average Bonchev–Trinajstić information content (AvgIpc) is 3.04. The fourth-order valence-electron chi connectivity index (χ4n) is 4.66. The van der Waals surface area contributed by atoms with Crippen LogP contribution in [0.5, 0.6) is 5.75 Å². The van der Waals surface area contributed by atoms with Crippen LogP contribution in [0.15, 0.2) is 158 Å². The lowest BCUT2D eigenvalue weighted by molar-refractivity contribution is 0.242. The van der Waals surface area contributed by atoms with Gasteiger partial charge in [0.25, 0.3) is 0 Å². The Bertz CT molecular complexity index is 1560. The third kappa shape index (κ3) is 8.82.